The summed E-state index contributed by atoms with van der Waals surface area (Å²) in [4.78, 5) is 16.8. The molecule has 1 spiro atoms. The third-order valence-corrected chi connectivity index (χ3v) is 8.29. The fourth-order valence-corrected chi connectivity index (χ4v) is 7.21. The minimum Gasteiger partial charge on any atom is -0.497 e. The van der Waals surface area contributed by atoms with Crippen molar-refractivity contribution in [2.24, 2.45) is 11.3 Å². The second kappa shape index (κ2) is 5.76. The quantitative estimate of drug-likeness (QED) is 0.469. The predicted molar refractivity (Wildman–Crippen MR) is 110 cm³/mol. The Bertz CT molecular complexity index is 916. The van der Waals surface area contributed by atoms with Gasteiger partial charge in [0, 0.05) is 55.1 Å². The van der Waals surface area contributed by atoms with E-state index in [4.69, 9.17) is 9.47 Å². The number of nitrogens with zero attached hydrogens (tertiary/aromatic N) is 2. The van der Waals surface area contributed by atoms with Gasteiger partial charge < -0.3 is 19.5 Å². The van der Waals surface area contributed by atoms with Crippen LogP contribution in [0.15, 0.2) is 30.4 Å². The van der Waals surface area contributed by atoms with E-state index in [0.29, 0.717) is 0 Å². The van der Waals surface area contributed by atoms with Crippen molar-refractivity contribution in [2.75, 3.05) is 32.1 Å². The highest BCUT2D eigenvalue weighted by Gasteiger charge is 2.76. The third kappa shape index (κ3) is 2.06. The molecule has 1 saturated carbocycles. The Balaban J connectivity index is 1.81. The van der Waals surface area contributed by atoms with Crippen LogP contribution in [-0.2, 0) is 14.9 Å². The first-order valence-electron chi connectivity index (χ1n) is 10.4. The van der Waals surface area contributed by atoms with Crippen molar-refractivity contribution in [3.05, 3.63) is 35.9 Å². The summed E-state index contributed by atoms with van der Waals surface area (Å²) in [6, 6.07) is 6.07. The molecule has 156 valence electrons. The molecule has 0 amide bonds. The highest BCUT2D eigenvalue weighted by Crippen LogP contribution is 2.67. The van der Waals surface area contributed by atoms with Crippen LogP contribution in [0.5, 0.6) is 5.75 Å². The summed E-state index contributed by atoms with van der Waals surface area (Å²) in [6.07, 6.45) is 5.37. The van der Waals surface area contributed by atoms with Crippen LogP contribution in [0.1, 0.15) is 32.8 Å². The molecule has 3 aliphatic heterocycles. The molecule has 1 aromatic carbocycles. The summed E-state index contributed by atoms with van der Waals surface area (Å²) < 4.78 is 11.3. The van der Waals surface area contributed by atoms with Gasteiger partial charge in [0.1, 0.15) is 11.8 Å². The summed E-state index contributed by atoms with van der Waals surface area (Å²) >= 11 is 0. The van der Waals surface area contributed by atoms with Gasteiger partial charge >= 0.3 is 5.97 Å². The Morgan fingerprint density at radius 3 is 2.76 bits per heavy atom. The molecular weight excluding hydrogens is 368 g/mol. The van der Waals surface area contributed by atoms with Crippen LogP contribution in [0.25, 0.3) is 0 Å². The average molecular weight is 399 g/mol. The number of ether oxygens (including phenoxy) is 2. The summed E-state index contributed by atoms with van der Waals surface area (Å²) in [7, 11) is 3.67. The van der Waals surface area contributed by atoms with Crippen molar-refractivity contribution < 1.29 is 19.4 Å². The fourth-order valence-electron chi connectivity index (χ4n) is 7.21. The standard InChI is InChI=1S/C23H30N2O4/c1-14-21(3)9-6-11-25-12-10-22(19(21)25)17-8-7-16(28-5)13-18(17)24(4)20(22)23(14,27)29-15(2)26/h6-9,13-14,19-20,27H,10-12H2,1-5H3. The highest BCUT2D eigenvalue weighted by atomic mass is 16.7. The maximum absolute atomic E-state index is 12.1. The molecule has 1 aromatic rings. The molecule has 6 heteroatoms. The van der Waals surface area contributed by atoms with E-state index in [1.165, 1.54) is 12.5 Å². The Morgan fingerprint density at radius 2 is 2.07 bits per heavy atom. The molecule has 6 nitrogen and oxygen atoms in total. The van der Waals surface area contributed by atoms with Gasteiger partial charge in [-0.25, -0.2) is 0 Å². The van der Waals surface area contributed by atoms with Crippen LogP contribution in [0.4, 0.5) is 5.69 Å². The van der Waals surface area contributed by atoms with E-state index in [2.05, 4.69) is 34.9 Å². The van der Waals surface area contributed by atoms with Gasteiger partial charge in [-0.15, -0.1) is 0 Å². The second-order valence-corrected chi connectivity index (χ2v) is 9.42. The van der Waals surface area contributed by atoms with Crippen molar-refractivity contribution in [1.82, 2.24) is 4.90 Å². The van der Waals surface area contributed by atoms with Gasteiger partial charge in [-0.3, -0.25) is 9.69 Å². The monoisotopic (exact) mass is 398 g/mol. The number of aliphatic hydroxyl groups is 1. The maximum Gasteiger partial charge on any atom is 0.305 e. The SMILES string of the molecule is COc1ccc2c(c1)N(C)C1C(O)(OC(C)=O)C(C)C3(C)C=CCN4CCC21C43. The van der Waals surface area contributed by atoms with Crippen LogP contribution < -0.4 is 9.64 Å². The fraction of sp³-hybridized carbons (Fsp3) is 0.609. The number of likely N-dealkylation sites (N-methyl/N-ethyl adjacent to an activating group) is 1. The number of esters is 1. The maximum atomic E-state index is 12.1. The van der Waals surface area contributed by atoms with Gasteiger partial charge in [0.2, 0.25) is 5.79 Å². The molecule has 2 fully saturated rings. The van der Waals surface area contributed by atoms with Crippen LogP contribution >= 0.6 is 0 Å². The van der Waals surface area contributed by atoms with Gasteiger partial charge in [0.15, 0.2) is 0 Å². The van der Waals surface area contributed by atoms with E-state index in [-0.39, 0.29) is 28.8 Å². The zero-order chi connectivity index (χ0) is 20.8. The lowest BCUT2D eigenvalue weighted by Crippen LogP contribution is -2.76. The smallest absolute Gasteiger partial charge is 0.305 e. The Morgan fingerprint density at radius 1 is 1.31 bits per heavy atom. The zero-order valence-corrected chi connectivity index (χ0v) is 17.8. The molecule has 1 saturated heterocycles. The van der Waals surface area contributed by atoms with Crippen molar-refractivity contribution >= 4 is 11.7 Å². The predicted octanol–water partition coefficient (Wildman–Crippen LogP) is 2.30. The van der Waals surface area contributed by atoms with Gasteiger partial charge in [-0.2, -0.15) is 0 Å². The molecule has 0 bridgehead atoms. The molecule has 1 N–H and O–H groups in total. The zero-order valence-electron chi connectivity index (χ0n) is 17.8. The summed E-state index contributed by atoms with van der Waals surface area (Å²) in [5, 5.41) is 12.1. The van der Waals surface area contributed by atoms with Gasteiger partial charge in [-0.1, -0.05) is 32.1 Å². The number of benzene rings is 1. The van der Waals surface area contributed by atoms with Gasteiger partial charge in [0.25, 0.3) is 0 Å². The lowest BCUT2D eigenvalue weighted by atomic mass is 9.49. The number of rotatable bonds is 2. The van der Waals surface area contributed by atoms with Crippen molar-refractivity contribution in [1.29, 1.82) is 0 Å². The number of hydrogen-bond donors (Lipinski definition) is 1. The number of anilines is 1. The number of carbonyl (C=O) groups excluding carboxylic acids is 1. The van der Waals surface area contributed by atoms with E-state index in [0.717, 1.165) is 30.9 Å². The van der Waals surface area contributed by atoms with E-state index >= 15 is 0 Å². The number of methoxy groups -OCH3 is 1. The lowest BCUT2D eigenvalue weighted by molar-refractivity contribution is -0.281. The first kappa shape index (κ1) is 18.9. The Hall–Kier alpha value is -2.05. The second-order valence-electron chi connectivity index (χ2n) is 9.42. The molecule has 0 radical (unpaired) electrons. The number of carbonyl (C=O) groups is 1. The van der Waals surface area contributed by atoms with Crippen LogP contribution in [0.2, 0.25) is 0 Å². The summed E-state index contributed by atoms with van der Waals surface area (Å²) in [6.45, 7) is 7.50. The van der Waals surface area contributed by atoms with E-state index in [1.54, 1.807) is 7.11 Å². The van der Waals surface area contributed by atoms with Crippen LogP contribution in [0.3, 0.4) is 0 Å². The molecule has 29 heavy (non-hydrogen) atoms. The van der Waals surface area contributed by atoms with Crippen LogP contribution in [0, 0.1) is 11.3 Å². The first-order valence-corrected chi connectivity index (χ1v) is 10.4. The van der Waals surface area contributed by atoms with E-state index in [1.807, 2.05) is 26.1 Å². The normalized spacial score (nSPS) is 42.3. The van der Waals surface area contributed by atoms with Gasteiger partial charge in [-0.05, 0) is 24.6 Å². The van der Waals surface area contributed by atoms with Crippen molar-refractivity contribution in [3.63, 3.8) is 0 Å². The summed E-state index contributed by atoms with van der Waals surface area (Å²) in [5.74, 6) is -1.53. The molecule has 0 aromatic heterocycles. The Labute approximate surface area is 172 Å². The lowest BCUT2D eigenvalue weighted by Gasteiger charge is -2.63. The number of hydrogen-bond acceptors (Lipinski definition) is 6. The Kier molecular flexibility index (Phi) is 3.76. The molecular formula is C23H30N2O4. The van der Waals surface area contributed by atoms with Crippen molar-refractivity contribution in [3.8, 4) is 5.75 Å². The minimum atomic E-state index is -1.60. The van der Waals surface area contributed by atoms with E-state index < -0.39 is 11.8 Å². The molecule has 4 aliphatic rings. The van der Waals surface area contributed by atoms with Gasteiger partial charge in [0.05, 0.1) is 7.11 Å². The average Bonchev–Trinajstić information content (AvgIpc) is 3.18. The number of fused-ring (bicyclic) bond motifs is 1. The van der Waals surface area contributed by atoms with Crippen LogP contribution in [-0.4, -0.2) is 61.1 Å². The summed E-state index contributed by atoms with van der Waals surface area (Å²) in [5.41, 5.74) is 1.62. The highest BCUT2D eigenvalue weighted by molar-refractivity contribution is 5.71. The molecule has 6 unspecified atom stereocenters. The van der Waals surface area contributed by atoms with E-state index in [9.17, 15) is 9.90 Å². The molecule has 6 atom stereocenters. The van der Waals surface area contributed by atoms with Crippen molar-refractivity contribution in [2.45, 2.75) is 50.5 Å². The first-order chi connectivity index (χ1) is 13.7. The third-order valence-electron chi connectivity index (χ3n) is 8.29. The molecule has 5 rings (SSSR count). The molecule has 1 aliphatic carbocycles. The topological polar surface area (TPSA) is 62.2 Å². The molecule has 3 heterocycles. The minimum absolute atomic E-state index is 0.230. The largest absolute Gasteiger partial charge is 0.497 e.